The van der Waals surface area contributed by atoms with Crippen molar-refractivity contribution in [2.75, 3.05) is 13.7 Å². The molecule has 2 rings (SSSR count). The molecular weight excluding hydrogens is 362 g/mol. The summed E-state index contributed by atoms with van der Waals surface area (Å²) in [6.45, 7) is 7.19. The van der Waals surface area contributed by atoms with Crippen LogP contribution >= 0.6 is 11.6 Å². The third-order valence-electron chi connectivity index (χ3n) is 3.83. The largest absolute Gasteiger partial charge is 0.493 e. The molecule has 0 atom stereocenters. The van der Waals surface area contributed by atoms with Crippen LogP contribution in [0.1, 0.15) is 30.5 Å². The minimum Gasteiger partial charge on any atom is -0.493 e. The lowest BCUT2D eigenvalue weighted by atomic mass is 10.1. The Morgan fingerprint density at radius 3 is 2.56 bits per heavy atom. The average molecular weight is 388 g/mol. The molecule has 0 fully saturated rings. The fourth-order valence-corrected chi connectivity index (χ4v) is 2.63. The summed E-state index contributed by atoms with van der Waals surface area (Å²) in [5.74, 6) is 1.27. The van der Waals surface area contributed by atoms with Gasteiger partial charge in [-0.3, -0.25) is 4.79 Å². The molecule has 2 aromatic carbocycles. The van der Waals surface area contributed by atoms with Gasteiger partial charge in [0, 0.05) is 12.6 Å². The van der Waals surface area contributed by atoms with Crippen LogP contribution in [-0.4, -0.2) is 19.6 Å². The van der Waals surface area contributed by atoms with Crippen molar-refractivity contribution in [1.29, 1.82) is 0 Å². The molecule has 5 heteroatoms. The fraction of sp³-hybridized carbons (Fsp3) is 0.318. The third kappa shape index (κ3) is 6.65. The second kappa shape index (κ2) is 10.0. The van der Waals surface area contributed by atoms with Crippen molar-refractivity contribution in [2.45, 2.75) is 27.3 Å². The van der Waals surface area contributed by atoms with E-state index in [0.29, 0.717) is 35.6 Å². The Kier molecular flexibility index (Phi) is 7.74. The van der Waals surface area contributed by atoms with Crippen LogP contribution in [0.15, 0.2) is 42.5 Å². The Morgan fingerprint density at radius 1 is 1.22 bits per heavy atom. The first-order valence-corrected chi connectivity index (χ1v) is 9.28. The number of hydrogen-bond donors (Lipinski definition) is 1. The van der Waals surface area contributed by atoms with Gasteiger partial charge in [-0.25, -0.2) is 0 Å². The second-order valence-electron chi connectivity index (χ2n) is 6.78. The first-order chi connectivity index (χ1) is 12.9. The molecule has 0 bridgehead atoms. The monoisotopic (exact) mass is 387 g/mol. The van der Waals surface area contributed by atoms with Gasteiger partial charge in [0.1, 0.15) is 0 Å². The number of methoxy groups -OCH3 is 1. The highest BCUT2D eigenvalue weighted by molar-refractivity contribution is 6.32. The molecule has 0 saturated heterocycles. The molecule has 27 heavy (non-hydrogen) atoms. The van der Waals surface area contributed by atoms with Crippen LogP contribution in [0.25, 0.3) is 6.08 Å². The molecule has 0 saturated carbocycles. The van der Waals surface area contributed by atoms with Crippen LogP contribution in [0.4, 0.5) is 0 Å². The van der Waals surface area contributed by atoms with E-state index in [9.17, 15) is 4.79 Å². The first-order valence-electron chi connectivity index (χ1n) is 8.91. The van der Waals surface area contributed by atoms with Gasteiger partial charge in [0.2, 0.25) is 5.91 Å². The number of halogens is 1. The highest BCUT2D eigenvalue weighted by Crippen LogP contribution is 2.37. The molecule has 4 nitrogen and oxygen atoms in total. The van der Waals surface area contributed by atoms with Crippen molar-refractivity contribution in [1.82, 2.24) is 5.32 Å². The fourth-order valence-electron chi connectivity index (χ4n) is 2.35. The SMILES string of the molecule is COc1cc(/C=C/C(=O)NCc2ccc(C)cc2)cc(Cl)c1OCC(C)C. The number of nitrogens with one attached hydrogen (secondary N) is 1. The van der Waals surface area contributed by atoms with Gasteiger partial charge < -0.3 is 14.8 Å². The summed E-state index contributed by atoms with van der Waals surface area (Å²) in [7, 11) is 1.57. The summed E-state index contributed by atoms with van der Waals surface area (Å²) in [5.41, 5.74) is 3.01. The van der Waals surface area contributed by atoms with E-state index in [4.69, 9.17) is 21.1 Å². The molecule has 0 aliphatic rings. The number of ether oxygens (including phenoxy) is 2. The number of amides is 1. The highest BCUT2D eigenvalue weighted by Gasteiger charge is 2.12. The molecule has 0 radical (unpaired) electrons. The Hall–Kier alpha value is -2.46. The van der Waals surface area contributed by atoms with Gasteiger partial charge in [0.25, 0.3) is 0 Å². The van der Waals surface area contributed by atoms with Gasteiger partial charge in [-0.15, -0.1) is 0 Å². The molecule has 2 aromatic rings. The van der Waals surface area contributed by atoms with Crippen LogP contribution in [0.2, 0.25) is 5.02 Å². The Bertz CT molecular complexity index is 798. The highest BCUT2D eigenvalue weighted by atomic mass is 35.5. The van der Waals surface area contributed by atoms with Gasteiger partial charge in [0.05, 0.1) is 18.7 Å². The summed E-state index contributed by atoms with van der Waals surface area (Å²) in [4.78, 5) is 12.1. The Labute approximate surface area is 166 Å². The number of carbonyl (C=O) groups excluding carboxylic acids is 1. The predicted octanol–water partition coefficient (Wildman–Crippen LogP) is 5.02. The summed E-state index contributed by atoms with van der Waals surface area (Å²) < 4.78 is 11.1. The maximum absolute atomic E-state index is 12.1. The Balaban J connectivity index is 2.01. The van der Waals surface area contributed by atoms with Crippen LogP contribution in [-0.2, 0) is 11.3 Å². The lowest BCUT2D eigenvalue weighted by Gasteiger charge is -2.14. The van der Waals surface area contributed by atoms with E-state index in [2.05, 4.69) is 19.2 Å². The second-order valence-corrected chi connectivity index (χ2v) is 7.18. The Morgan fingerprint density at radius 2 is 1.93 bits per heavy atom. The molecule has 1 amide bonds. The molecule has 0 aromatic heterocycles. The summed E-state index contributed by atoms with van der Waals surface area (Å²) in [6.07, 6.45) is 3.18. The number of aryl methyl sites for hydroxylation is 1. The van der Waals surface area contributed by atoms with Crippen molar-refractivity contribution in [3.8, 4) is 11.5 Å². The van der Waals surface area contributed by atoms with E-state index in [1.165, 1.54) is 11.6 Å². The number of benzene rings is 2. The maximum Gasteiger partial charge on any atom is 0.244 e. The molecule has 0 unspecified atom stereocenters. The third-order valence-corrected chi connectivity index (χ3v) is 4.11. The van der Waals surface area contributed by atoms with E-state index >= 15 is 0 Å². The molecule has 0 aliphatic heterocycles. The smallest absolute Gasteiger partial charge is 0.244 e. The molecule has 0 spiro atoms. The first kappa shape index (κ1) is 20.8. The number of rotatable bonds is 8. The molecule has 144 valence electrons. The minimum absolute atomic E-state index is 0.175. The number of carbonyl (C=O) groups is 1. The maximum atomic E-state index is 12.1. The zero-order valence-electron chi connectivity index (χ0n) is 16.2. The van der Waals surface area contributed by atoms with Gasteiger partial charge in [-0.1, -0.05) is 55.3 Å². The van der Waals surface area contributed by atoms with Gasteiger partial charge in [-0.2, -0.15) is 0 Å². The van der Waals surface area contributed by atoms with Gasteiger partial charge in [0.15, 0.2) is 11.5 Å². The average Bonchev–Trinajstić information content (AvgIpc) is 2.64. The lowest BCUT2D eigenvalue weighted by molar-refractivity contribution is -0.116. The van der Waals surface area contributed by atoms with E-state index in [-0.39, 0.29) is 5.91 Å². The zero-order valence-corrected chi connectivity index (χ0v) is 17.0. The van der Waals surface area contributed by atoms with E-state index in [1.807, 2.05) is 31.2 Å². The number of hydrogen-bond acceptors (Lipinski definition) is 3. The van der Waals surface area contributed by atoms with Crippen molar-refractivity contribution in [3.05, 3.63) is 64.2 Å². The lowest BCUT2D eigenvalue weighted by Crippen LogP contribution is -2.20. The summed E-state index contributed by atoms with van der Waals surface area (Å²) in [6, 6.07) is 11.6. The van der Waals surface area contributed by atoms with E-state index < -0.39 is 0 Å². The molecule has 0 heterocycles. The van der Waals surface area contributed by atoms with Crippen molar-refractivity contribution >= 4 is 23.6 Å². The van der Waals surface area contributed by atoms with Gasteiger partial charge in [-0.05, 0) is 42.2 Å². The quantitative estimate of drug-likeness (QED) is 0.647. The zero-order chi connectivity index (χ0) is 19.8. The molecule has 0 aliphatic carbocycles. The predicted molar refractivity (Wildman–Crippen MR) is 110 cm³/mol. The van der Waals surface area contributed by atoms with Crippen LogP contribution < -0.4 is 14.8 Å². The van der Waals surface area contributed by atoms with Crippen molar-refractivity contribution in [3.63, 3.8) is 0 Å². The summed E-state index contributed by atoms with van der Waals surface area (Å²) >= 11 is 6.33. The van der Waals surface area contributed by atoms with Crippen molar-refractivity contribution < 1.29 is 14.3 Å². The van der Waals surface area contributed by atoms with Crippen molar-refractivity contribution in [2.24, 2.45) is 5.92 Å². The standard InChI is InChI=1S/C22H26ClNO3/c1-15(2)14-27-22-19(23)11-18(12-20(22)26-4)9-10-21(25)24-13-17-7-5-16(3)6-8-17/h5-12,15H,13-14H2,1-4H3,(H,24,25)/b10-9+. The summed E-state index contributed by atoms with van der Waals surface area (Å²) in [5, 5.41) is 3.31. The molecular formula is C22H26ClNO3. The topological polar surface area (TPSA) is 47.6 Å². The van der Waals surface area contributed by atoms with Crippen LogP contribution in [0, 0.1) is 12.8 Å². The van der Waals surface area contributed by atoms with Gasteiger partial charge >= 0.3 is 0 Å². The molecule has 1 N–H and O–H groups in total. The van der Waals surface area contributed by atoms with Crippen LogP contribution in [0.3, 0.4) is 0 Å². The minimum atomic E-state index is -0.175. The van der Waals surface area contributed by atoms with E-state index in [1.54, 1.807) is 25.3 Å². The van der Waals surface area contributed by atoms with Crippen LogP contribution in [0.5, 0.6) is 11.5 Å². The normalized spacial score (nSPS) is 11.0. The van der Waals surface area contributed by atoms with E-state index in [0.717, 1.165) is 11.1 Å².